The molecule has 1 saturated heterocycles. The molecular formula is C21H31FN4O. The molecule has 1 aliphatic rings. The quantitative estimate of drug-likeness (QED) is 0.772. The molecule has 0 saturated carbocycles. The molecule has 1 atom stereocenters. The zero-order chi connectivity index (χ0) is 19.2. The van der Waals surface area contributed by atoms with Gasteiger partial charge in [-0.15, -0.1) is 0 Å². The van der Waals surface area contributed by atoms with Crippen molar-refractivity contribution < 1.29 is 9.50 Å². The lowest BCUT2D eigenvalue weighted by molar-refractivity contribution is 0.0488. The molecule has 148 valence electrons. The van der Waals surface area contributed by atoms with Crippen LogP contribution in [-0.2, 0) is 19.6 Å². The van der Waals surface area contributed by atoms with E-state index in [1.807, 2.05) is 24.7 Å². The molecule has 1 aromatic heterocycles. The second-order valence-electron chi connectivity index (χ2n) is 7.93. The summed E-state index contributed by atoms with van der Waals surface area (Å²) in [7, 11) is 0. The number of nitrogens with zero attached hydrogens (tertiary/aromatic N) is 4. The molecule has 2 heterocycles. The Morgan fingerprint density at radius 2 is 1.96 bits per heavy atom. The number of aromatic nitrogens is 2. The third-order valence-electron chi connectivity index (χ3n) is 5.20. The summed E-state index contributed by atoms with van der Waals surface area (Å²) in [6.45, 7) is 10.1. The smallest absolute Gasteiger partial charge is 0.123 e. The highest BCUT2D eigenvalue weighted by Crippen LogP contribution is 2.19. The molecule has 2 aromatic rings. The Labute approximate surface area is 161 Å². The first kappa shape index (κ1) is 20.0. The number of hydrogen-bond donors (Lipinski definition) is 1. The molecule has 1 aliphatic heterocycles. The van der Waals surface area contributed by atoms with Crippen molar-refractivity contribution >= 4 is 0 Å². The van der Waals surface area contributed by atoms with Gasteiger partial charge in [-0.05, 0) is 30.0 Å². The van der Waals surface area contributed by atoms with Gasteiger partial charge in [-0.25, -0.2) is 9.37 Å². The summed E-state index contributed by atoms with van der Waals surface area (Å²) in [4.78, 5) is 9.19. The fourth-order valence-electron chi connectivity index (χ4n) is 3.82. The molecule has 3 rings (SSSR count). The molecule has 0 radical (unpaired) electrons. The van der Waals surface area contributed by atoms with E-state index in [9.17, 15) is 9.50 Å². The van der Waals surface area contributed by atoms with Crippen LogP contribution in [0.15, 0.2) is 36.8 Å². The molecule has 1 fully saturated rings. The summed E-state index contributed by atoms with van der Waals surface area (Å²) < 4.78 is 15.4. The van der Waals surface area contributed by atoms with Crippen LogP contribution in [-0.4, -0.2) is 56.7 Å². The fourth-order valence-corrected chi connectivity index (χ4v) is 3.82. The van der Waals surface area contributed by atoms with Crippen molar-refractivity contribution in [3.8, 4) is 0 Å². The minimum atomic E-state index is -0.200. The molecule has 6 heteroatoms. The normalized spacial score (nSPS) is 19.1. The predicted molar refractivity (Wildman–Crippen MR) is 105 cm³/mol. The molecule has 0 bridgehead atoms. The number of piperazine rings is 1. The zero-order valence-corrected chi connectivity index (χ0v) is 16.4. The molecule has 1 N–H and O–H groups in total. The van der Waals surface area contributed by atoms with E-state index in [2.05, 4.69) is 33.2 Å². The monoisotopic (exact) mass is 374 g/mol. The zero-order valence-electron chi connectivity index (χ0n) is 16.4. The van der Waals surface area contributed by atoms with E-state index in [0.29, 0.717) is 12.0 Å². The van der Waals surface area contributed by atoms with E-state index in [0.717, 1.165) is 51.3 Å². The van der Waals surface area contributed by atoms with Crippen molar-refractivity contribution in [3.05, 3.63) is 53.9 Å². The maximum atomic E-state index is 13.1. The standard InChI is InChI=1S/C21H31FN4O/c1-17(2)12-26-16-23-11-21(26)15-24-8-9-25(20(14-24)7-10-27)13-18-3-5-19(22)6-4-18/h3-6,11,16-17,20,27H,7-10,12-15H2,1-2H3/t20-/m0/s1. The van der Waals surface area contributed by atoms with Gasteiger partial charge in [-0.2, -0.15) is 0 Å². The summed E-state index contributed by atoms with van der Waals surface area (Å²) in [5.74, 6) is 0.390. The lowest BCUT2D eigenvalue weighted by Gasteiger charge is -2.41. The third-order valence-corrected chi connectivity index (χ3v) is 5.20. The van der Waals surface area contributed by atoms with Crippen LogP contribution in [0.4, 0.5) is 4.39 Å². The van der Waals surface area contributed by atoms with E-state index >= 15 is 0 Å². The highest BCUT2D eigenvalue weighted by molar-refractivity contribution is 5.16. The Morgan fingerprint density at radius 3 is 2.67 bits per heavy atom. The number of hydrogen-bond acceptors (Lipinski definition) is 4. The third kappa shape index (κ3) is 5.61. The Kier molecular flexibility index (Phi) is 6.99. The van der Waals surface area contributed by atoms with Crippen molar-refractivity contribution in [2.24, 2.45) is 5.92 Å². The number of halogens is 1. The van der Waals surface area contributed by atoms with Crippen molar-refractivity contribution in [1.82, 2.24) is 19.4 Å². The van der Waals surface area contributed by atoms with Crippen LogP contribution in [0, 0.1) is 11.7 Å². The van der Waals surface area contributed by atoms with Gasteiger partial charge in [0, 0.05) is 58.1 Å². The Balaban J connectivity index is 1.61. The van der Waals surface area contributed by atoms with Crippen molar-refractivity contribution in [2.45, 2.75) is 45.9 Å². The van der Waals surface area contributed by atoms with Gasteiger partial charge in [0.25, 0.3) is 0 Å². The molecule has 1 aromatic carbocycles. The summed E-state index contributed by atoms with van der Waals surface area (Å²) in [5.41, 5.74) is 2.36. The fraction of sp³-hybridized carbons (Fsp3) is 0.571. The van der Waals surface area contributed by atoms with Gasteiger partial charge in [0.05, 0.1) is 12.0 Å². The Morgan fingerprint density at radius 1 is 1.19 bits per heavy atom. The van der Waals surface area contributed by atoms with Crippen LogP contribution in [0.2, 0.25) is 0 Å². The van der Waals surface area contributed by atoms with E-state index in [4.69, 9.17) is 0 Å². The average molecular weight is 375 g/mol. The van der Waals surface area contributed by atoms with Crippen LogP contribution in [0.5, 0.6) is 0 Å². The summed E-state index contributed by atoms with van der Waals surface area (Å²) in [5, 5.41) is 9.52. The molecule has 5 nitrogen and oxygen atoms in total. The first-order valence-corrected chi connectivity index (χ1v) is 9.86. The van der Waals surface area contributed by atoms with E-state index in [1.165, 1.54) is 17.8 Å². The number of aliphatic hydroxyl groups is 1. The number of benzene rings is 1. The average Bonchev–Trinajstić information content (AvgIpc) is 3.05. The molecule has 0 aliphatic carbocycles. The van der Waals surface area contributed by atoms with Gasteiger partial charge >= 0.3 is 0 Å². The molecular weight excluding hydrogens is 343 g/mol. The van der Waals surface area contributed by atoms with Gasteiger partial charge in [0.15, 0.2) is 0 Å². The van der Waals surface area contributed by atoms with Crippen molar-refractivity contribution in [3.63, 3.8) is 0 Å². The topological polar surface area (TPSA) is 44.5 Å². The lowest BCUT2D eigenvalue weighted by Crippen LogP contribution is -2.52. The van der Waals surface area contributed by atoms with E-state index in [1.54, 1.807) is 0 Å². The minimum Gasteiger partial charge on any atom is -0.396 e. The summed E-state index contributed by atoms with van der Waals surface area (Å²) in [6, 6.07) is 7.03. The minimum absolute atomic E-state index is 0.184. The maximum absolute atomic E-state index is 13.1. The van der Waals surface area contributed by atoms with Gasteiger partial charge in [0.1, 0.15) is 5.82 Å². The second-order valence-corrected chi connectivity index (χ2v) is 7.93. The van der Waals surface area contributed by atoms with Crippen LogP contribution in [0.3, 0.4) is 0 Å². The number of rotatable bonds is 8. The van der Waals surface area contributed by atoms with Gasteiger partial charge < -0.3 is 9.67 Å². The largest absolute Gasteiger partial charge is 0.396 e. The number of imidazole rings is 1. The van der Waals surface area contributed by atoms with Crippen LogP contribution < -0.4 is 0 Å². The molecule has 27 heavy (non-hydrogen) atoms. The van der Waals surface area contributed by atoms with Gasteiger partial charge in [-0.3, -0.25) is 9.80 Å². The lowest BCUT2D eigenvalue weighted by atomic mass is 10.1. The Bertz CT molecular complexity index is 700. The number of aliphatic hydroxyl groups excluding tert-OH is 1. The van der Waals surface area contributed by atoms with E-state index < -0.39 is 0 Å². The molecule has 0 spiro atoms. The molecule has 0 amide bonds. The highest BCUT2D eigenvalue weighted by Gasteiger charge is 2.27. The van der Waals surface area contributed by atoms with Crippen molar-refractivity contribution in [1.29, 1.82) is 0 Å². The summed E-state index contributed by atoms with van der Waals surface area (Å²) in [6.07, 6.45) is 4.64. The maximum Gasteiger partial charge on any atom is 0.123 e. The van der Waals surface area contributed by atoms with Crippen LogP contribution in [0.25, 0.3) is 0 Å². The first-order chi connectivity index (χ1) is 13.0. The van der Waals surface area contributed by atoms with Gasteiger partial charge in [0.2, 0.25) is 0 Å². The molecule has 0 unspecified atom stereocenters. The second kappa shape index (κ2) is 9.44. The van der Waals surface area contributed by atoms with Gasteiger partial charge in [-0.1, -0.05) is 26.0 Å². The predicted octanol–water partition coefficient (Wildman–Crippen LogP) is 2.75. The summed E-state index contributed by atoms with van der Waals surface area (Å²) >= 11 is 0. The van der Waals surface area contributed by atoms with E-state index in [-0.39, 0.29) is 12.4 Å². The van der Waals surface area contributed by atoms with Crippen LogP contribution >= 0.6 is 0 Å². The van der Waals surface area contributed by atoms with Crippen molar-refractivity contribution in [2.75, 3.05) is 26.2 Å². The highest BCUT2D eigenvalue weighted by atomic mass is 19.1. The Hall–Kier alpha value is -1.76. The SMILES string of the molecule is CC(C)Cn1cncc1CN1CCN(Cc2ccc(F)cc2)[C@@H](CCO)C1. The van der Waals surface area contributed by atoms with Crippen LogP contribution in [0.1, 0.15) is 31.5 Å². The first-order valence-electron chi connectivity index (χ1n) is 9.86.